The number of hydrogen-bond donors (Lipinski definition) is 0. The lowest BCUT2D eigenvalue weighted by Gasteiger charge is -2.61. The van der Waals surface area contributed by atoms with E-state index in [-0.39, 0.29) is 27.3 Å². The van der Waals surface area contributed by atoms with Crippen LogP contribution in [-0.4, -0.2) is 39.6 Å². The molecule has 7 rings (SSSR count). The van der Waals surface area contributed by atoms with E-state index in [1.165, 1.54) is 29.7 Å². The van der Waals surface area contributed by atoms with Crippen molar-refractivity contribution in [3.63, 3.8) is 0 Å². The minimum absolute atomic E-state index is 0.0250. The first-order valence-corrected chi connectivity index (χ1v) is 11.5. The van der Waals surface area contributed by atoms with Crippen LogP contribution in [0.4, 0.5) is 11.4 Å². The molecule has 0 aromatic carbocycles. The normalized spacial score (nSPS) is 29.5. The SMILES string of the molecule is O=[N+]([O-])c1cnn(CCc2nnc(CC34CC5CC(C3)CC(n3cc([N+](=O)[O-])cn3)(C5)C4)o2)c1. The second kappa shape index (κ2) is 7.43. The summed E-state index contributed by atoms with van der Waals surface area (Å²) in [5, 5.41) is 38.9. The van der Waals surface area contributed by atoms with Crippen molar-refractivity contribution in [2.24, 2.45) is 17.3 Å². The van der Waals surface area contributed by atoms with Gasteiger partial charge < -0.3 is 4.42 Å². The maximum Gasteiger partial charge on any atom is 0.307 e. The first kappa shape index (κ1) is 20.9. The molecule has 3 heterocycles. The molecule has 178 valence electrons. The molecule has 13 heteroatoms. The predicted molar refractivity (Wildman–Crippen MR) is 115 cm³/mol. The molecule has 0 N–H and O–H groups in total. The lowest BCUT2D eigenvalue weighted by molar-refractivity contribution is -0.385. The van der Waals surface area contributed by atoms with Gasteiger partial charge in [0.05, 0.1) is 15.4 Å². The topological polar surface area (TPSA) is 161 Å². The average Bonchev–Trinajstić information content (AvgIpc) is 3.52. The van der Waals surface area contributed by atoms with Gasteiger partial charge in [-0.15, -0.1) is 10.2 Å². The highest BCUT2D eigenvalue weighted by atomic mass is 16.6. The largest absolute Gasteiger partial charge is 0.425 e. The fraction of sp³-hybridized carbons (Fsp3) is 0.619. The van der Waals surface area contributed by atoms with Crippen LogP contribution < -0.4 is 0 Å². The average molecular weight is 468 g/mol. The highest BCUT2D eigenvalue weighted by Crippen LogP contribution is 2.65. The number of hydrogen-bond acceptors (Lipinski definition) is 9. The molecule has 2 atom stereocenters. The maximum absolute atomic E-state index is 11.2. The molecule has 0 saturated heterocycles. The molecule has 4 fully saturated rings. The number of rotatable bonds is 8. The quantitative estimate of drug-likeness (QED) is 0.357. The zero-order chi connectivity index (χ0) is 23.5. The van der Waals surface area contributed by atoms with E-state index in [1.807, 2.05) is 4.68 Å². The van der Waals surface area contributed by atoms with E-state index in [2.05, 4.69) is 20.4 Å². The molecule has 4 saturated carbocycles. The molecule has 2 unspecified atom stereocenters. The lowest BCUT2D eigenvalue weighted by Crippen LogP contribution is -2.57. The van der Waals surface area contributed by atoms with Crippen molar-refractivity contribution >= 4 is 11.4 Å². The molecular weight excluding hydrogens is 444 g/mol. The molecule has 3 aromatic rings. The van der Waals surface area contributed by atoms with Crippen molar-refractivity contribution in [3.8, 4) is 0 Å². The molecule has 0 radical (unpaired) electrons. The van der Waals surface area contributed by atoms with Crippen LogP contribution in [0.1, 0.15) is 50.3 Å². The van der Waals surface area contributed by atoms with Crippen LogP contribution in [0.3, 0.4) is 0 Å². The summed E-state index contributed by atoms with van der Waals surface area (Å²) in [6, 6.07) is 0. The van der Waals surface area contributed by atoms with Crippen molar-refractivity contribution in [2.45, 2.75) is 63.5 Å². The predicted octanol–water partition coefficient (Wildman–Crippen LogP) is 3.06. The Labute approximate surface area is 193 Å². The molecule has 4 aliphatic rings. The van der Waals surface area contributed by atoms with Gasteiger partial charge in [-0.25, -0.2) is 0 Å². The Kier molecular flexibility index (Phi) is 4.58. The van der Waals surface area contributed by atoms with Crippen molar-refractivity contribution in [3.05, 3.63) is 56.8 Å². The summed E-state index contributed by atoms with van der Waals surface area (Å²) >= 11 is 0. The zero-order valence-electron chi connectivity index (χ0n) is 18.4. The Morgan fingerprint density at radius 2 is 1.65 bits per heavy atom. The van der Waals surface area contributed by atoms with E-state index in [1.54, 1.807) is 6.20 Å². The molecule has 4 aliphatic carbocycles. The first-order chi connectivity index (χ1) is 16.3. The summed E-state index contributed by atoms with van der Waals surface area (Å²) in [5.41, 5.74) is -0.175. The highest BCUT2D eigenvalue weighted by Gasteiger charge is 2.59. The first-order valence-electron chi connectivity index (χ1n) is 11.5. The summed E-state index contributed by atoms with van der Waals surface area (Å²) in [6.45, 7) is 0.409. The maximum atomic E-state index is 11.2. The smallest absolute Gasteiger partial charge is 0.307 e. The lowest BCUT2D eigenvalue weighted by atomic mass is 9.46. The van der Waals surface area contributed by atoms with Crippen molar-refractivity contribution in [1.82, 2.24) is 29.8 Å². The summed E-state index contributed by atoms with van der Waals surface area (Å²) in [4.78, 5) is 21.2. The standard InChI is InChI=1S/C21H24N8O5/c30-28(31)16-9-22-26(11-16)2-1-18-24-25-19(34-18)8-20-4-14-3-15(5-20)7-21(6-14,13-20)27-12-17(10-23-27)29(32)33/h9-12,14-15H,1-8,13H2. The van der Waals surface area contributed by atoms with Crippen molar-refractivity contribution < 1.29 is 14.3 Å². The van der Waals surface area contributed by atoms with E-state index < -0.39 is 4.92 Å². The molecule has 0 aliphatic heterocycles. The van der Waals surface area contributed by atoms with E-state index >= 15 is 0 Å². The van der Waals surface area contributed by atoms with E-state index in [4.69, 9.17) is 4.42 Å². The van der Waals surface area contributed by atoms with Crippen LogP contribution in [0.5, 0.6) is 0 Å². The number of nitrogens with zero attached hydrogens (tertiary/aromatic N) is 8. The zero-order valence-corrected chi connectivity index (χ0v) is 18.4. The summed E-state index contributed by atoms with van der Waals surface area (Å²) in [6.07, 6.45) is 13.0. The third kappa shape index (κ3) is 3.55. The Morgan fingerprint density at radius 1 is 0.971 bits per heavy atom. The summed E-state index contributed by atoms with van der Waals surface area (Å²) < 4.78 is 9.32. The van der Waals surface area contributed by atoms with Gasteiger partial charge in [0.1, 0.15) is 24.8 Å². The molecule has 13 nitrogen and oxygen atoms in total. The van der Waals surface area contributed by atoms with Crippen LogP contribution >= 0.6 is 0 Å². The minimum atomic E-state index is -0.478. The van der Waals surface area contributed by atoms with Gasteiger partial charge in [0.15, 0.2) is 0 Å². The summed E-state index contributed by atoms with van der Waals surface area (Å²) in [7, 11) is 0. The Balaban J connectivity index is 1.17. The highest BCUT2D eigenvalue weighted by molar-refractivity contribution is 5.23. The Morgan fingerprint density at radius 3 is 2.32 bits per heavy atom. The van der Waals surface area contributed by atoms with Gasteiger partial charge in [0.2, 0.25) is 11.8 Å². The van der Waals surface area contributed by atoms with Gasteiger partial charge in [-0.2, -0.15) is 10.2 Å². The number of nitro groups is 2. The molecule has 34 heavy (non-hydrogen) atoms. The Bertz CT molecular complexity index is 1250. The third-order valence-electron chi connectivity index (χ3n) is 7.84. The fourth-order valence-corrected chi connectivity index (χ4v) is 7.10. The number of aryl methyl sites for hydroxylation is 2. The van der Waals surface area contributed by atoms with Crippen LogP contribution in [0.15, 0.2) is 29.2 Å². The molecule has 0 spiro atoms. The number of aromatic nitrogens is 6. The molecule has 0 amide bonds. The van der Waals surface area contributed by atoms with Gasteiger partial charge in [0.25, 0.3) is 0 Å². The van der Waals surface area contributed by atoms with Gasteiger partial charge in [-0.1, -0.05) is 0 Å². The minimum Gasteiger partial charge on any atom is -0.425 e. The second-order valence-electron chi connectivity index (χ2n) is 10.3. The van der Waals surface area contributed by atoms with Crippen LogP contribution in [-0.2, 0) is 24.9 Å². The van der Waals surface area contributed by atoms with Gasteiger partial charge >= 0.3 is 11.4 Å². The van der Waals surface area contributed by atoms with E-state index in [9.17, 15) is 20.2 Å². The molecule has 4 bridgehead atoms. The van der Waals surface area contributed by atoms with Crippen LogP contribution in [0, 0.1) is 37.5 Å². The van der Waals surface area contributed by atoms with Crippen molar-refractivity contribution in [2.75, 3.05) is 0 Å². The second-order valence-corrected chi connectivity index (χ2v) is 10.3. The van der Waals surface area contributed by atoms with Gasteiger partial charge in [0, 0.05) is 19.4 Å². The van der Waals surface area contributed by atoms with Crippen LogP contribution in [0.25, 0.3) is 0 Å². The molecule has 3 aromatic heterocycles. The van der Waals surface area contributed by atoms with Gasteiger partial charge in [-0.05, 0) is 55.8 Å². The summed E-state index contributed by atoms with van der Waals surface area (Å²) in [5.74, 6) is 2.23. The van der Waals surface area contributed by atoms with Crippen LogP contribution in [0.2, 0.25) is 0 Å². The van der Waals surface area contributed by atoms with E-state index in [0.717, 1.165) is 32.1 Å². The fourth-order valence-electron chi connectivity index (χ4n) is 7.10. The third-order valence-corrected chi connectivity index (χ3v) is 7.84. The van der Waals surface area contributed by atoms with Gasteiger partial charge in [-0.3, -0.25) is 29.6 Å². The Hall–Kier alpha value is -3.64. The van der Waals surface area contributed by atoms with E-state index in [0.29, 0.717) is 43.0 Å². The van der Waals surface area contributed by atoms with Crippen molar-refractivity contribution in [1.29, 1.82) is 0 Å². The monoisotopic (exact) mass is 468 g/mol. The molecular formula is C21H24N8O5.